The number of Topliss-reactive ketones (excluding diaryl/α,β-unsaturated/α-hetero) is 1. The Hall–Kier alpha value is -1.70. The maximum Gasteiger partial charge on any atom is 0.174 e. The highest BCUT2D eigenvalue weighted by Gasteiger charge is 2.19. The fraction of sp³-hybridized carbons (Fsp3) is 0.389. The lowest BCUT2D eigenvalue weighted by atomic mass is 10.2. The SMILES string of the molecule is COC[C@@H](C)n1c(C)cc(C(=O)CSc2ncnc3sccc23)c1C. The van der Waals surface area contributed by atoms with Gasteiger partial charge in [0.15, 0.2) is 5.78 Å². The first-order valence-electron chi connectivity index (χ1n) is 8.04. The Morgan fingerprint density at radius 2 is 2.20 bits per heavy atom. The number of methoxy groups -OCH3 is 1. The number of thioether (sulfide) groups is 1. The van der Waals surface area contributed by atoms with Gasteiger partial charge >= 0.3 is 0 Å². The van der Waals surface area contributed by atoms with Crippen LogP contribution in [0.2, 0.25) is 0 Å². The molecule has 0 bridgehead atoms. The third-order valence-electron chi connectivity index (χ3n) is 4.20. The molecule has 3 aromatic heterocycles. The zero-order valence-corrected chi connectivity index (χ0v) is 16.4. The fourth-order valence-electron chi connectivity index (χ4n) is 3.15. The first kappa shape index (κ1) is 18.1. The largest absolute Gasteiger partial charge is 0.383 e. The van der Waals surface area contributed by atoms with E-state index in [0.29, 0.717) is 12.4 Å². The number of fused-ring (bicyclic) bond motifs is 1. The van der Waals surface area contributed by atoms with Crippen LogP contribution in [0.25, 0.3) is 10.2 Å². The van der Waals surface area contributed by atoms with Gasteiger partial charge in [-0.15, -0.1) is 11.3 Å². The minimum atomic E-state index is 0.121. The van der Waals surface area contributed by atoms with Crippen molar-refractivity contribution >= 4 is 39.1 Å². The summed E-state index contributed by atoms with van der Waals surface area (Å²) in [6, 6.07) is 4.18. The van der Waals surface area contributed by atoms with E-state index in [-0.39, 0.29) is 11.8 Å². The normalized spacial score (nSPS) is 12.6. The predicted molar refractivity (Wildman–Crippen MR) is 103 cm³/mol. The van der Waals surface area contributed by atoms with Gasteiger partial charge in [0.05, 0.1) is 18.4 Å². The molecular weight excluding hydrogens is 354 g/mol. The van der Waals surface area contributed by atoms with E-state index >= 15 is 0 Å². The monoisotopic (exact) mass is 375 g/mol. The van der Waals surface area contributed by atoms with Crippen LogP contribution < -0.4 is 0 Å². The minimum Gasteiger partial charge on any atom is -0.383 e. The molecule has 0 aliphatic rings. The summed E-state index contributed by atoms with van der Waals surface area (Å²) >= 11 is 3.06. The molecule has 3 heterocycles. The van der Waals surface area contributed by atoms with Crippen molar-refractivity contribution in [3.8, 4) is 0 Å². The number of carbonyl (C=O) groups excluding carboxylic acids is 1. The van der Waals surface area contributed by atoms with E-state index in [9.17, 15) is 4.79 Å². The number of thiophene rings is 1. The molecule has 0 unspecified atom stereocenters. The highest BCUT2D eigenvalue weighted by Crippen LogP contribution is 2.29. The second kappa shape index (κ2) is 7.68. The molecule has 132 valence electrons. The lowest BCUT2D eigenvalue weighted by Crippen LogP contribution is -2.14. The number of hydrogen-bond acceptors (Lipinski definition) is 6. The Morgan fingerprint density at radius 3 is 2.96 bits per heavy atom. The van der Waals surface area contributed by atoms with Crippen LogP contribution in [-0.4, -0.2) is 39.8 Å². The zero-order valence-electron chi connectivity index (χ0n) is 14.8. The number of hydrogen-bond donors (Lipinski definition) is 0. The van der Waals surface area contributed by atoms with Crippen LogP contribution in [0.4, 0.5) is 0 Å². The average Bonchev–Trinajstić information content (AvgIpc) is 3.17. The molecule has 0 fully saturated rings. The van der Waals surface area contributed by atoms with Crippen molar-refractivity contribution < 1.29 is 9.53 Å². The van der Waals surface area contributed by atoms with Crippen molar-refractivity contribution in [2.75, 3.05) is 19.5 Å². The van der Waals surface area contributed by atoms with E-state index in [1.165, 1.54) is 11.8 Å². The second-order valence-corrected chi connectivity index (χ2v) is 7.85. The Morgan fingerprint density at radius 1 is 1.40 bits per heavy atom. The van der Waals surface area contributed by atoms with Crippen LogP contribution >= 0.6 is 23.1 Å². The topological polar surface area (TPSA) is 57.0 Å². The number of ketones is 1. The zero-order chi connectivity index (χ0) is 18.0. The maximum absolute atomic E-state index is 12.8. The van der Waals surface area contributed by atoms with Gasteiger partial charge in [-0.3, -0.25) is 4.79 Å². The van der Waals surface area contributed by atoms with Gasteiger partial charge in [0.25, 0.3) is 0 Å². The molecule has 0 radical (unpaired) electrons. The Bertz CT molecular complexity index is 901. The van der Waals surface area contributed by atoms with Gasteiger partial charge in [0.2, 0.25) is 0 Å². The Kier molecular flexibility index (Phi) is 5.56. The van der Waals surface area contributed by atoms with Gasteiger partial charge in [0, 0.05) is 29.4 Å². The quantitative estimate of drug-likeness (QED) is 0.350. The van der Waals surface area contributed by atoms with E-state index in [4.69, 9.17) is 4.74 Å². The summed E-state index contributed by atoms with van der Waals surface area (Å²) in [6.07, 6.45) is 1.56. The minimum absolute atomic E-state index is 0.121. The summed E-state index contributed by atoms with van der Waals surface area (Å²) in [5.74, 6) is 0.487. The van der Waals surface area contributed by atoms with Gasteiger partial charge in [-0.1, -0.05) is 11.8 Å². The van der Waals surface area contributed by atoms with Crippen LogP contribution in [0, 0.1) is 13.8 Å². The average molecular weight is 376 g/mol. The van der Waals surface area contributed by atoms with Gasteiger partial charge in [-0.2, -0.15) is 0 Å². The van der Waals surface area contributed by atoms with Gasteiger partial charge < -0.3 is 9.30 Å². The van der Waals surface area contributed by atoms with Crippen LogP contribution in [0.3, 0.4) is 0 Å². The molecule has 0 saturated carbocycles. The van der Waals surface area contributed by atoms with Gasteiger partial charge in [-0.25, -0.2) is 9.97 Å². The molecule has 0 spiro atoms. The van der Waals surface area contributed by atoms with Crippen LogP contribution in [-0.2, 0) is 4.74 Å². The maximum atomic E-state index is 12.8. The summed E-state index contributed by atoms with van der Waals surface area (Å²) in [5.41, 5.74) is 2.86. The lowest BCUT2D eigenvalue weighted by molar-refractivity contribution is 0.102. The van der Waals surface area contributed by atoms with Crippen molar-refractivity contribution in [3.05, 3.63) is 40.8 Å². The second-order valence-electron chi connectivity index (χ2n) is 5.99. The lowest BCUT2D eigenvalue weighted by Gasteiger charge is -2.17. The van der Waals surface area contributed by atoms with Crippen molar-refractivity contribution in [3.63, 3.8) is 0 Å². The molecule has 0 N–H and O–H groups in total. The first-order chi connectivity index (χ1) is 12.0. The van der Waals surface area contributed by atoms with Crippen molar-refractivity contribution in [1.82, 2.24) is 14.5 Å². The molecule has 25 heavy (non-hydrogen) atoms. The molecule has 3 aromatic rings. The summed E-state index contributed by atoms with van der Waals surface area (Å²) in [4.78, 5) is 22.3. The van der Waals surface area contributed by atoms with Crippen LogP contribution in [0.1, 0.15) is 34.7 Å². The summed E-state index contributed by atoms with van der Waals surface area (Å²) < 4.78 is 7.42. The van der Waals surface area contributed by atoms with Crippen LogP contribution in [0.5, 0.6) is 0 Å². The number of rotatable bonds is 7. The fourth-order valence-corrected chi connectivity index (χ4v) is 4.81. The number of carbonyl (C=O) groups is 1. The molecule has 3 rings (SSSR count). The first-order valence-corrected chi connectivity index (χ1v) is 9.91. The number of nitrogens with zero attached hydrogens (tertiary/aromatic N) is 3. The highest BCUT2D eigenvalue weighted by molar-refractivity contribution is 8.00. The van der Waals surface area contributed by atoms with Gasteiger partial charge in [-0.05, 0) is 38.3 Å². The van der Waals surface area contributed by atoms with E-state index in [1.54, 1.807) is 24.8 Å². The van der Waals surface area contributed by atoms with Crippen LogP contribution in [0.15, 0.2) is 28.9 Å². The van der Waals surface area contributed by atoms with Crippen molar-refractivity contribution in [2.24, 2.45) is 0 Å². The molecule has 0 aromatic carbocycles. The van der Waals surface area contributed by atoms with Gasteiger partial charge in [0.1, 0.15) is 16.2 Å². The highest BCUT2D eigenvalue weighted by atomic mass is 32.2. The smallest absolute Gasteiger partial charge is 0.174 e. The predicted octanol–water partition coefficient (Wildman–Crippen LogP) is 4.29. The third-order valence-corrected chi connectivity index (χ3v) is 6.02. The molecule has 0 saturated heterocycles. The third kappa shape index (κ3) is 3.63. The summed E-state index contributed by atoms with van der Waals surface area (Å²) in [6.45, 7) is 6.75. The summed E-state index contributed by atoms with van der Waals surface area (Å²) in [5, 5.41) is 3.88. The van der Waals surface area contributed by atoms with E-state index in [2.05, 4.69) is 21.5 Å². The van der Waals surface area contributed by atoms with Crippen molar-refractivity contribution in [2.45, 2.75) is 31.8 Å². The molecule has 0 aliphatic carbocycles. The van der Waals surface area contributed by atoms with E-state index in [1.807, 2.05) is 31.4 Å². The Balaban J connectivity index is 1.78. The standard InChI is InChI=1S/C18H21N3O2S2/c1-11-7-15(13(3)21(11)12(2)8-23-4)16(22)9-25-18-14-5-6-24-17(14)19-10-20-18/h5-7,10,12H,8-9H2,1-4H3/t12-/m1/s1. The van der Waals surface area contributed by atoms with E-state index < -0.39 is 0 Å². The van der Waals surface area contributed by atoms with E-state index in [0.717, 1.165) is 32.2 Å². The molecule has 5 nitrogen and oxygen atoms in total. The molecule has 7 heteroatoms. The summed E-state index contributed by atoms with van der Waals surface area (Å²) in [7, 11) is 1.69. The Labute approximate surface area is 155 Å². The molecule has 1 atom stereocenters. The number of aromatic nitrogens is 3. The van der Waals surface area contributed by atoms with Crippen molar-refractivity contribution in [1.29, 1.82) is 0 Å². The molecule has 0 aliphatic heterocycles. The number of ether oxygens (including phenoxy) is 1. The number of aryl methyl sites for hydroxylation is 1. The molecular formula is C18H21N3O2S2. The molecule has 0 amide bonds.